The maximum absolute atomic E-state index is 16.1. The van der Waals surface area contributed by atoms with Gasteiger partial charge in [0, 0.05) is 36.7 Å². The van der Waals surface area contributed by atoms with Crippen LogP contribution in [0, 0.1) is 29.5 Å². The number of rotatable bonds is 6. The molecule has 45 heavy (non-hydrogen) atoms. The summed E-state index contributed by atoms with van der Waals surface area (Å²) in [6, 6.07) is 9.49. The van der Waals surface area contributed by atoms with Gasteiger partial charge in [-0.05, 0) is 63.9 Å². The molecule has 12 heteroatoms. The van der Waals surface area contributed by atoms with Crippen molar-refractivity contribution in [3.05, 3.63) is 58.9 Å². The van der Waals surface area contributed by atoms with Gasteiger partial charge < -0.3 is 20.7 Å². The Labute approximate surface area is 259 Å². The lowest BCUT2D eigenvalue weighted by atomic mass is 9.52. The summed E-state index contributed by atoms with van der Waals surface area (Å²) >= 11 is 0. The van der Waals surface area contributed by atoms with E-state index in [1.165, 1.54) is 25.1 Å². The van der Waals surface area contributed by atoms with Crippen LogP contribution in [0.5, 0.6) is 11.5 Å². The predicted octanol–water partition coefficient (Wildman–Crippen LogP) is 1.05. The van der Waals surface area contributed by atoms with E-state index in [1.807, 2.05) is 35.2 Å². The number of fused-ring (bicyclic) bond motifs is 3. The average molecular weight is 622 g/mol. The van der Waals surface area contributed by atoms with Crippen LogP contribution in [0.2, 0.25) is 0 Å². The molecule has 2 aromatic carbocycles. The minimum absolute atomic E-state index is 0.0188. The number of phenolic OH excluding ortho intramolecular Hbond substituents is 1. The van der Waals surface area contributed by atoms with Crippen LogP contribution in [0.1, 0.15) is 40.7 Å². The highest BCUT2D eigenvalue weighted by Crippen LogP contribution is 2.51. The molecule has 2 aromatic rings. The van der Waals surface area contributed by atoms with Gasteiger partial charge in [0.05, 0.1) is 17.5 Å². The molecule has 0 spiro atoms. The van der Waals surface area contributed by atoms with Gasteiger partial charge >= 0.3 is 0 Å². The Morgan fingerprint density at radius 2 is 1.78 bits per heavy atom. The molecule has 1 saturated heterocycles. The van der Waals surface area contributed by atoms with E-state index < -0.39 is 75.9 Å². The van der Waals surface area contributed by atoms with Gasteiger partial charge in [0.15, 0.2) is 34.7 Å². The summed E-state index contributed by atoms with van der Waals surface area (Å²) in [5, 5.41) is 22.6. The first-order valence-corrected chi connectivity index (χ1v) is 15.2. The van der Waals surface area contributed by atoms with E-state index in [0.717, 1.165) is 18.6 Å². The molecule has 6 rings (SSSR count). The van der Waals surface area contributed by atoms with Crippen LogP contribution in [-0.2, 0) is 32.1 Å². The molecule has 4 aliphatic rings. The van der Waals surface area contributed by atoms with E-state index in [0.29, 0.717) is 13.1 Å². The molecule has 238 valence electrons. The number of phenols is 1. The SMILES string of the molecule is CN(C)[C@@H]1C(=O)C(C(N)=O)C(=O)[C@@]2(O)C(=O)C3C(=O)c4c(O)cc(CN5CCC(Oc6ccccc6)CC5)c(F)c4C[C@H]3C[C@@H]12. The second-order valence-electron chi connectivity index (χ2n) is 12.9. The Hall–Kier alpha value is -4.00. The molecule has 6 atom stereocenters. The average Bonchev–Trinajstić information content (AvgIpc) is 2.98. The number of aromatic hydroxyl groups is 1. The number of piperidine rings is 1. The Balaban J connectivity index is 1.26. The normalized spacial score (nSPS) is 30.6. The molecule has 3 fully saturated rings. The first-order valence-electron chi connectivity index (χ1n) is 15.2. The molecule has 0 aromatic heterocycles. The second-order valence-corrected chi connectivity index (χ2v) is 12.9. The van der Waals surface area contributed by atoms with Gasteiger partial charge in [0.2, 0.25) is 5.91 Å². The van der Waals surface area contributed by atoms with Crippen molar-refractivity contribution in [2.75, 3.05) is 27.2 Å². The number of benzene rings is 2. The highest BCUT2D eigenvalue weighted by atomic mass is 19.1. The fraction of sp³-hybridized carbons (Fsp3) is 0.485. The number of likely N-dealkylation sites (tertiary alicyclic amines) is 1. The summed E-state index contributed by atoms with van der Waals surface area (Å²) in [7, 11) is 3.02. The van der Waals surface area contributed by atoms with Crippen LogP contribution >= 0.6 is 0 Å². The number of Topliss-reactive ketones (excluding diaryl/α,β-unsaturated/α-hetero) is 4. The topological polar surface area (TPSA) is 168 Å². The zero-order valence-corrected chi connectivity index (χ0v) is 25.1. The van der Waals surface area contributed by atoms with Crippen LogP contribution in [0.4, 0.5) is 4.39 Å². The maximum Gasteiger partial charge on any atom is 0.235 e. The van der Waals surface area contributed by atoms with Crippen molar-refractivity contribution >= 4 is 29.0 Å². The van der Waals surface area contributed by atoms with Crippen molar-refractivity contribution in [3.63, 3.8) is 0 Å². The van der Waals surface area contributed by atoms with E-state index in [1.54, 1.807) is 0 Å². The van der Waals surface area contributed by atoms with Crippen LogP contribution < -0.4 is 10.5 Å². The van der Waals surface area contributed by atoms with Crippen LogP contribution in [-0.4, -0.2) is 94.0 Å². The van der Waals surface area contributed by atoms with E-state index in [4.69, 9.17) is 10.5 Å². The van der Waals surface area contributed by atoms with Crippen molar-refractivity contribution in [2.24, 2.45) is 29.4 Å². The highest BCUT2D eigenvalue weighted by molar-refractivity contribution is 6.32. The number of primary amides is 1. The second kappa shape index (κ2) is 11.4. The Bertz CT molecular complexity index is 1590. The number of ketones is 4. The van der Waals surface area contributed by atoms with Crippen LogP contribution in [0.3, 0.4) is 0 Å². The number of halogens is 1. The number of hydrogen-bond donors (Lipinski definition) is 3. The third-order valence-corrected chi connectivity index (χ3v) is 10.0. The third kappa shape index (κ3) is 4.95. The fourth-order valence-electron chi connectivity index (χ4n) is 7.94. The summed E-state index contributed by atoms with van der Waals surface area (Å²) in [6.45, 7) is 1.45. The number of amides is 1. The molecule has 2 unspecified atom stereocenters. The number of nitrogens with two attached hydrogens (primary N) is 1. The number of aliphatic hydroxyl groups is 1. The zero-order valence-electron chi connectivity index (χ0n) is 25.1. The first-order chi connectivity index (χ1) is 21.3. The van der Waals surface area contributed by atoms with Gasteiger partial charge in [0.1, 0.15) is 23.4 Å². The largest absolute Gasteiger partial charge is 0.507 e. The van der Waals surface area contributed by atoms with E-state index in [2.05, 4.69) is 0 Å². The number of nitrogens with zero attached hydrogens (tertiary/aromatic N) is 2. The maximum atomic E-state index is 16.1. The zero-order chi connectivity index (χ0) is 32.4. The van der Waals surface area contributed by atoms with Gasteiger partial charge in [-0.2, -0.15) is 0 Å². The van der Waals surface area contributed by atoms with Gasteiger partial charge in [-0.1, -0.05) is 18.2 Å². The summed E-state index contributed by atoms with van der Waals surface area (Å²) in [6.07, 6.45) is 1.21. The molecule has 0 radical (unpaired) electrons. The quantitative estimate of drug-likeness (QED) is 0.397. The summed E-state index contributed by atoms with van der Waals surface area (Å²) in [5.74, 6) is -11.6. The Kier molecular flexibility index (Phi) is 7.87. The highest BCUT2D eigenvalue weighted by Gasteiger charge is 2.69. The Morgan fingerprint density at radius 1 is 1.11 bits per heavy atom. The third-order valence-electron chi connectivity index (χ3n) is 10.0. The lowest BCUT2D eigenvalue weighted by molar-refractivity contribution is -0.181. The summed E-state index contributed by atoms with van der Waals surface area (Å²) in [5.41, 5.74) is 2.35. The number of carbonyl (C=O) groups is 5. The molecule has 11 nitrogen and oxygen atoms in total. The predicted molar refractivity (Wildman–Crippen MR) is 157 cm³/mol. The lowest BCUT2D eigenvalue weighted by Gasteiger charge is -2.52. The number of hydrogen-bond acceptors (Lipinski definition) is 10. The Morgan fingerprint density at radius 3 is 2.40 bits per heavy atom. The van der Waals surface area contributed by atoms with Crippen molar-refractivity contribution in [1.82, 2.24) is 9.80 Å². The lowest BCUT2D eigenvalue weighted by Crippen LogP contribution is -2.74. The number of likely N-dealkylation sites (N-methyl/N-ethyl adjacent to an activating group) is 1. The molecule has 3 aliphatic carbocycles. The molecule has 4 N–H and O–H groups in total. The monoisotopic (exact) mass is 621 g/mol. The van der Waals surface area contributed by atoms with Crippen LogP contribution in [0.25, 0.3) is 0 Å². The van der Waals surface area contributed by atoms with Gasteiger partial charge in [-0.15, -0.1) is 0 Å². The molecular weight excluding hydrogens is 585 g/mol. The van der Waals surface area contributed by atoms with Gasteiger partial charge in [-0.3, -0.25) is 33.8 Å². The van der Waals surface area contributed by atoms with E-state index >= 15 is 4.39 Å². The molecule has 0 bridgehead atoms. The van der Waals surface area contributed by atoms with Gasteiger partial charge in [0.25, 0.3) is 0 Å². The molecule has 1 heterocycles. The number of carbonyl (C=O) groups excluding carboxylic acids is 5. The standard InChI is InChI=1S/C33H36FN3O8/c1-36(2)27-21-13-16-12-20-24(28(39)23(16)30(41)33(21,44)31(42)25(29(27)40)32(35)43)22(38)14-17(26(20)34)15-37-10-8-19(9-11-37)45-18-6-4-3-5-7-18/h3-7,14,16,19,21,23,25,27,38,44H,8-13,15H2,1-2H3,(H2,35,43)/t16-,21-,23?,25?,27-,33-/m0/s1. The van der Waals surface area contributed by atoms with E-state index in [9.17, 15) is 34.2 Å². The fourth-order valence-corrected chi connectivity index (χ4v) is 7.94. The minimum atomic E-state index is -2.82. The van der Waals surface area contributed by atoms with Crippen molar-refractivity contribution in [1.29, 1.82) is 0 Å². The molecular formula is C33H36FN3O8. The first kappa shape index (κ1) is 31.0. The number of para-hydroxylation sites is 1. The van der Waals surface area contributed by atoms with Crippen molar-refractivity contribution < 1.29 is 43.3 Å². The van der Waals surface area contributed by atoms with Crippen molar-refractivity contribution in [3.8, 4) is 11.5 Å². The van der Waals surface area contributed by atoms with E-state index in [-0.39, 0.29) is 42.2 Å². The van der Waals surface area contributed by atoms with Gasteiger partial charge in [-0.25, -0.2) is 4.39 Å². The molecule has 1 aliphatic heterocycles. The van der Waals surface area contributed by atoms with Crippen molar-refractivity contribution in [2.45, 2.75) is 50.0 Å². The summed E-state index contributed by atoms with van der Waals surface area (Å²) < 4.78 is 22.2. The summed E-state index contributed by atoms with van der Waals surface area (Å²) in [4.78, 5) is 69.8. The minimum Gasteiger partial charge on any atom is -0.507 e. The number of ether oxygens (including phenoxy) is 1. The molecule has 1 amide bonds. The molecule has 2 saturated carbocycles. The smallest absolute Gasteiger partial charge is 0.235 e. The van der Waals surface area contributed by atoms with Crippen LogP contribution in [0.15, 0.2) is 36.4 Å².